The van der Waals surface area contributed by atoms with Gasteiger partial charge >= 0.3 is 0 Å². The van der Waals surface area contributed by atoms with Crippen molar-refractivity contribution in [3.8, 4) is 11.5 Å². The van der Waals surface area contributed by atoms with E-state index in [0.29, 0.717) is 17.1 Å². The van der Waals surface area contributed by atoms with Gasteiger partial charge in [0.1, 0.15) is 18.1 Å². The average molecular weight is 321 g/mol. The molecule has 118 valence electrons. The van der Waals surface area contributed by atoms with E-state index in [0.717, 1.165) is 0 Å². The van der Waals surface area contributed by atoms with Gasteiger partial charge in [-0.1, -0.05) is 18.2 Å². The summed E-state index contributed by atoms with van der Waals surface area (Å²) < 4.78 is 37.6. The van der Waals surface area contributed by atoms with E-state index in [1.807, 2.05) is 30.3 Å². The molecule has 0 saturated heterocycles. The number of sulfonamides is 1. The zero-order chi connectivity index (χ0) is 16.0. The molecule has 2 aromatic rings. The number of para-hydroxylation sites is 1. The van der Waals surface area contributed by atoms with Crippen LogP contribution >= 0.6 is 0 Å². The van der Waals surface area contributed by atoms with Crippen molar-refractivity contribution in [2.75, 3.05) is 20.3 Å². The predicted octanol–water partition coefficient (Wildman–Crippen LogP) is 2.36. The molecule has 2 rings (SSSR count). The molecule has 22 heavy (non-hydrogen) atoms. The van der Waals surface area contributed by atoms with Crippen molar-refractivity contribution in [1.29, 1.82) is 0 Å². The van der Waals surface area contributed by atoms with Crippen LogP contribution in [0.4, 0.5) is 0 Å². The molecular formula is C16H19NO4S. The SMILES string of the molecule is COc1ccc(S(=O)(=O)NCCOc2ccccc2)c(C)c1. The van der Waals surface area contributed by atoms with Gasteiger partial charge in [0.25, 0.3) is 0 Å². The van der Waals surface area contributed by atoms with Gasteiger partial charge in [-0.3, -0.25) is 0 Å². The maximum atomic E-state index is 12.3. The minimum Gasteiger partial charge on any atom is -0.497 e. The summed E-state index contributed by atoms with van der Waals surface area (Å²) in [6.45, 7) is 2.19. The molecule has 6 heteroatoms. The van der Waals surface area contributed by atoms with Gasteiger partial charge in [-0.25, -0.2) is 13.1 Å². The third-order valence-electron chi connectivity index (χ3n) is 3.08. The third kappa shape index (κ3) is 4.22. The summed E-state index contributed by atoms with van der Waals surface area (Å²) in [5.41, 5.74) is 0.635. The number of rotatable bonds is 7. The molecule has 0 unspecified atom stereocenters. The highest BCUT2D eigenvalue weighted by atomic mass is 32.2. The van der Waals surface area contributed by atoms with Gasteiger partial charge in [0.15, 0.2) is 0 Å². The predicted molar refractivity (Wildman–Crippen MR) is 84.9 cm³/mol. The van der Waals surface area contributed by atoms with E-state index in [-0.39, 0.29) is 18.0 Å². The summed E-state index contributed by atoms with van der Waals surface area (Å²) >= 11 is 0. The second-order valence-corrected chi connectivity index (χ2v) is 6.43. The number of methoxy groups -OCH3 is 1. The Kier molecular flexibility index (Phi) is 5.41. The summed E-state index contributed by atoms with van der Waals surface area (Å²) in [5.74, 6) is 1.34. The topological polar surface area (TPSA) is 64.6 Å². The van der Waals surface area contributed by atoms with Crippen molar-refractivity contribution in [3.05, 3.63) is 54.1 Å². The van der Waals surface area contributed by atoms with Gasteiger partial charge in [-0.05, 0) is 42.8 Å². The van der Waals surface area contributed by atoms with Crippen LogP contribution in [-0.2, 0) is 10.0 Å². The van der Waals surface area contributed by atoms with E-state index < -0.39 is 10.0 Å². The molecule has 0 heterocycles. The molecule has 2 aromatic carbocycles. The van der Waals surface area contributed by atoms with E-state index >= 15 is 0 Å². The second-order valence-electron chi connectivity index (χ2n) is 4.69. The van der Waals surface area contributed by atoms with Crippen LogP contribution in [-0.4, -0.2) is 28.7 Å². The van der Waals surface area contributed by atoms with Crippen molar-refractivity contribution < 1.29 is 17.9 Å². The minimum atomic E-state index is -3.56. The smallest absolute Gasteiger partial charge is 0.240 e. The summed E-state index contributed by atoms with van der Waals surface area (Å²) in [7, 11) is -2.01. The van der Waals surface area contributed by atoms with Gasteiger partial charge in [0, 0.05) is 6.54 Å². The molecule has 0 atom stereocenters. The monoisotopic (exact) mass is 321 g/mol. The first kappa shape index (κ1) is 16.3. The van der Waals surface area contributed by atoms with E-state index in [4.69, 9.17) is 9.47 Å². The van der Waals surface area contributed by atoms with Crippen LogP contribution in [0.15, 0.2) is 53.4 Å². The molecule has 0 radical (unpaired) electrons. The van der Waals surface area contributed by atoms with Crippen LogP contribution in [0.2, 0.25) is 0 Å². The Morgan fingerprint density at radius 2 is 1.77 bits per heavy atom. The largest absolute Gasteiger partial charge is 0.497 e. The van der Waals surface area contributed by atoms with Crippen molar-refractivity contribution in [2.24, 2.45) is 0 Å². The van der Waals surface area contributed by atoms with Gasteiger partial charge < -0.3 is 9.47 Å². The van der Waals surface area contributed by atoms with Crippen LogP contribution in [0, 0.1) is 6.92 Å². The first-order chi connectivity index (χ1) is 10.5. The lowest BCUT2D eigenvalue weighted by Crippen LogP contribution is -2.28. The highest BCUT2D eigenvalue weighted by Gasteiger charge is 2.16. The highest BCUT2D eigenvalue weighted by Crippen LogP contribution is 2.20. The Balaban J connectivity index is 1.94. The highest BCUT2D eigenvalue weighted by molar-refractivity contribution is 7.89. The summed E-state index contributed by atoms with van der Waals surface area (Å²) in [5, 5.41) is 0. The fraction of sp³-hybridized carbons (Fsp3) is 0.250. The van der Waals surface area contributed by atoms with Crippen LogP contribution in [0.5, 0.6) is 11.5 Å². The van der Waals surface area contributed by atoms with E-state index in [2.05, 4.69) is 4.72 Å². The molecular weight excluding hydrogens is 302 g/mol. The molecule has 0 spiro atoms. The van der Waals surface area contributed by atoms with Crippen LogP contribution in [0.3, 0.4) is 0 Å². The fourth-order valence-electron chi connectivity index (χ4n) is 1.99. The second kappa shape index (κ2) is 7.29. The summed E-state index contributed by atoms with van der Waals surface area (Å²) in [6.07, 6.45) is 0. The molecule has 0 fully saturated rings. The van der Waals surface area contributed by atoms with E-state index in [9.17, 15) is 8.42 Å². The van der Waals surface area contributed by atoms with Crippen LogP contribution in [0.25, 0.3) is 0 Å². The Hall–Kier alpha value is -2.05. The Morgan fingerprint density at radius 1 is 1.05 bits per heavy atom. The Bertz CT molecular complexity index is 714. The molecule has 0 aliphatic rings. The molecule has 1 N–H and O–H groups in total. The maximum absolute atomic E-state index is 12.3. The van der Waals surface area contributed by atoms with Gasteiger partial charge in [-0.15, -0.1) is 0 Å². The zero-order valence-corrected chi connectivity index (χ0v) is 13.4. The number of benzene rings is 2. The maximum Gasteiger partial charge on any atom is 0.240 e. The number of hydrogen-bond donors (Lipinski definition) is 1. The van der Waals surface area contributed by atoms with E-state index in [1.54, 1.807) is 26.2 Å². The number of ether oxygens (including phenoxy) is 2. The van der Waals surface area contributed by atoms with Crippen molar-refractivity contribution in [2.45, 2.75) is 11.8 Å². The summed E-state index contributed by atoms with van der Waals surface area (Å²) in [4.78, 5) is 0.244. The van der Waals surface area contributed by atoms with Crippen molar-refractivity contribution >= 4 is 10.0 Å². The minimum absolute atomic E-state index is 0.197. The number of hydrogen-bond acceptors (Lipinski definition) is 4. The average Bonchev–Trinajstić information content (AvgIpc) is 2.52. The molecule has 0 bridgehead atoms. The summed E-state index contributed by atoms with van der Waals surface area (Å²) in [6, 6.07) is 14.1. The van der Waals surface area contributed by atoms with Gasteiger partial charge in [-0.2, -0.15) is 0 Å². The number of nitrogens with one attached hydrogen (secondary N) is 1. The molecule has 0 aliphatic heterocycles. The van der Waals surface area contributed by atoms with Crippen molar-refractivity contribution in [1.82, 2.24) is 4.72 Å². The first-order valence-electron chi connectivity index (χ1n) is 6.85. The normalized spacial score (nSPS) is 11.2. The molecule has 0 amide bonds. The fourth-order valence-corrected chi connectivity index (χ4v) is 3.23. The number of aryl methyl sites for hydroxylation is 1. The Morgan fingerprint density at radius 3 is 2.41 bits per heavy atom. The third-order valence-corrected chi connectivity index (χ3v) is 4.70. The molecule has 0 aromatic heterocycles. The van der Waals surface area contributed by atoms with Crippen LogP contribution in [0.1, 0.15) is 5.56 Å². The first-order valence-corrected chi connectivity index (χ1v) is 8.33. The molecule has 0 saturated carbocycles. The van der Waals surface area contributed by atoms with Crippen molar-refractivity contribution in [3.63, 3.8) is 0 Å². The van der Waals surface area contributed by atoms with Gasteiger partial charge in [0.05, 0.1) is 12.0 Å². The van der Waals surface area contributed by atoms with Crippen LogP contribution < -0.4 is 14.2 Å². The molecule has 0 aliphatic carbocycles. The zero-order valence-electron chi connectivity index (χ0n) is 12.6. The lowest BCUT2D eigenvalue weighted by atomic mass is 10.2. The van der Waals surface area contributed by atoms with E-state index in [1.165, 1.54) is 6.07 Å². The van der Waals surface area contributed by atoms with Gasteiger partial charge in [0.2, 0.25) is 10.0 Å². The lowest BCUT2D eigenvalue weighted by molar-refractivity contribution is 0.323. The quantitative estimate of drug-likeness (QED) is 0.795. The standard InChI is InChI=1S/C16H19NO4S/c1-13-12-15(20-2)8-9-16(13)22(18,19)17-10-11-21-14-6-4-3-5-7-14/h3-9,12,17H,10-11H2,1-2H3. The Labute approximate surface area is 130 Å². The lowest BCUT2D eigenvalue weighted by Gasteiger charge is -2.11. The molecule has 5 nitrogen and oxygen atoms in total.